The molecule has 12 heavy (non-hydrogen) atoms. The largest absolute Gasteiger partial charge is 0.303 e. The molecule has 62 valence electrons. The van der Waals surface area contributed by atoms with Crippen LogP contribution in [0, 0.1) is 0 Å². The van der Waals surface area contributed by atoms with Gasteiger partial charge in [0.05, 0.1) is 0 Å². The molecule has 0 aromatic heterocycles. The van der Waals surface area contributed by atoms with Gasteiger partial charge in [0.1, 0.15) is 6.29 Å². The number of hydrogen-bond donors (Lipinski definition) is 0. The number of aldehydes is 1. The minimum Gasteiger partial charge on any atom is -0.303 e. The van der Waals surface area contributed by atoms with E-state index in [1.807, 2.05) is 18.2 Å². The molecule has 1 aromatic carbocycles. The Morgan fingerprint density at radius 3 is 3.08 bits per heavy atom. The Kier molecular flexibility index (Phi) is 1.89. The van der Waals surface area contributed by atoms with Crippen molar-refractivity contribution >= 4 is 17.9 Å². The van der Waals surface area contributed by atoms with E-state index in [0.717, 1.165) is 35.3 Å². The minimum atomic E-state index is 0.0821. The highest BCUT2D eigenvalue weighted by Crippen LogP contribution is 2.35. The lowest BCUT2D eigenvalue weighted by Crippen LogP contribution is -1.93. The molecule has 0 aliphatic heterocycles. The fourth-order valence-electron chi connectivity index (χ4n) is 1.78. The second-order valence-electron chi connectivity index (χ2n) is 3.09. The maximum absolute atomic E-state index is 10.6. The van der Waals surface area contributed by atoms with Crippen LogP contribution in [0.2, 0.25) is 5.02 Å². The molecule has 1 aliphatic rings. The summed E-state index contributed by atoms with van der Waals surface area (Å²) in [6, 6.07) is 5.78. The summed E-state index contributed by atoms with van der Waals surface area (Å²) < 4.78 is 0. The van der Waals surface area contributed by atoms with Crippen LogP contribution in [0.3, 0.4) is 0 Å². The summed E-state index contributed by atoms with van der Waals surface area (Å²) in [7, 11) is 0. The van der Waals surface area contributed by atoms with Gasteiger partial charge in [-0.25, -0.2) is 0 Å². The zero-order valence-electron chi connectivity index (χ0n) is 6.59. The van der Waals surface area contributed by atoms with E-state index in [-0.39, 0.29) is 5.92 Å². The second kappa shape index (κ2) is 2.91. The smallest absolute Gasteiger partial charge is 0.127 e. The van der Waals surface area contributed by atoms with E-state index in [2.05, 4.69) is 0 Å². The first-order valence-corrected chi connectivity index (χ1v) is 4.43. The van der Waals surface area contributed by atoms with Gasteiger partial charge in [-0.15, -0.1) is 0 Å². The van der Waals surface area contributed by atoms with Gasteiger partial charge in [0.2, 0.25) is 0 Å². The minimum absolute atomic E-state index is 0.0821. The molecule has 1 unspecified atom stereocenters. The number of benzene rings is 1. The Labute approximate surface area is 76.4 Å². The molecule has 1 aromatic rings. The second-order valence-corrected chi connectivity index (χ2v) is 3.50. The molecule has 0 spiro atoms. The SMILES string of the molecule is O=CC1CCc2c(Cl)cccc21. The van der Waals surface area contributed by atoms with Crippen molar-refractivity contribution in [3.05, 3.63) is 34.3 Å². The Bertz CT molecular complexity index is 320. The molecule has 0 radical (unpaired) electrons. The van der Waals surface area contributed by atoms with Gasteiger partial charge in [-0.05, 0) is 30.0 Å². The van der Waals surface area contributed by atoms with Gasteiger partial charge in [-0.3, -0.25) is 0 Å². The quantitative estimate of drug-likeness (QED) is 0.608. The first-order valence-electron chi connectivity index (χ1n) is 4.05. The van der Waals surface area contributed by atoms with Crippen LogP contribution < -0.4 is 0 Å². The van der Waals surface area contributed by atoms with E-state index in [1.165, 1.54) is 0 Å². The third kappa shape index (κ3) is 1.05. The molecule has 0 saturated carbocycles. The molecule has 1 nitrogen and oxygen atoms in total. The van der Waals surface area contributed by atoms with Crippen molar-refractivity contribution in [2.24, 2.45) is 0 Å². The van der Waals surface area contributed by atoms with Gasteiger partial charge in [0, 0.05) is 10.9 Å². The Morgan fingerprint density at radius 2 is 2.33 bits per heavy atom. The van der Waals surface area contributed by atoms with Gasteiger partial charge in [-0.2, -0.15) is 0 Å². The predicted octanol–water partition coefficient (Wildman–Crippen LogP) is 2.57. The molecule has 0 saturated heterocycles. The monoisotopic (exact) mass is 180 g/mol. The molecule has 2 heteroatoms. The topological polar surface area (TPSA) is 17.1 Å². The Morgan fingerprint density at radius 1 is 1.50 bits per heavy atom. The average Bonchev–Trinajstić information content (AvgIpc) is 2.49. The number of carbonyl (C=O) groups excluding carboxylic acids is 1. The van der Waals surface area contributed by atoms with E-state index < -0.39 is 0 Å². The van der Waals surface area contributed by atoms with E-state index in [4.69, 9.17) is 11.6 Å². The van der Waals surface area contributed by atoms with Crippen molar-refractivity contribution in [2.45, 2.75) is 18.8 Å². The summed E-state index contributed by atoms with van der Waals surface area (Å²) in [5.74, 6) is 0.0821. The summed E-state index contributed by atoms with van der Waals surface area (Å²) >= 11 is 5.98. The third-order valence-electron chi connectivity index (χ3n) is 2.42. The Balaban J connectivity index is 2.52. The summed E-state index contributed by atoms with van der Waals surface area (Å²) in [4.78, 5) is 10.6. The molecule has 0 fully saturated rings. The van der Waals surface area contributed by atoms with Crippen LogP contribution in [0.4, 0.5) is 0 Å². The van der Waals surface area contributed by atoms with Gasteiger partial charge < -0.3 is 4.79 Å². The first kappa shape index (κ1) is 7.81. The summed E-state index contributed by atoms with van der Waals surface area (Å²) in [5.41, 5.74) is 2.29. The van der Waals surface area contributed by atoms with Crippen LogP contribution in [0.25, 0.3) is 0 Å². The van der Waals surface area contributed by atoms with E-state index >= 15 is 0 Å². The maximum Gasteiger partial charge on any atom is 0.127 e. The van der Waals surface area contributed by atoms with E-state index in [1.54, 1.807) is 0 Å². The maximum atomic E-state index is 10.6. The lowest BCUT2D eigenvalue weighted by molar-refractivity contribution is -0.109. The first-order chi connectivity index (χ1) is 5.83. The molecule has 1 aliphatic carbocycles. The third-order valence-corrected chi connectivity index (χ3v) is 2.78. The van der Waals surface area contributed by atoms with Crippen molar-refractivity contribution in [3.63, 3.8) is 0 Å². The summed E-state index contributed by atoms with van der Waals surface area (Å²) in [6.45, 7) is 0. The van der Waals surface area contributed by atoms with Crippen LogP contribution in [0.5, 0.6) is 0 Å². The fourth-order valence-corrected chi connectivity index (χ4v) is 2.06. The van der Waals surface area contributed by atoms with Gasteiger partial charge >= 0.3 is 0 Å². The number of carbonyl (C=O) groups is 1. The van der Waals surface area contributed by atoms with Gasteiger partial charge in [0.25, 0.3) is 0 Å². The normalized spacial score (nSPS) is 20.6. The van der Waals surface area contributed by atoms with Crippen LogP contribution in [0.1, 0.15) is 23.5 Å². The standard InChI is InChI=1S/C10H9ClO/c11-10-3-1-2-8-7(6-12)4-5-9(8)10/h1-3,6-7H,4-5H2. The van der Waals surface area contributed by atoms with Crippen molar-refractivity contribution in [1.82, 2.24) is 0 Å². The van der Waals surface area contributed by atoms with Gasteiger partial charge in [0.15, 0.2) is 0 Å². The zero-order valence-corrected chi connectivity index (χ0v) is 7.34. The van der Waals surface area contributed by atoms with E-state index in [0.29, 0.717) is 0 Å². The molecule has 0 amide bonds. The lowest BCUT2D eigenvalue weighted by atomic mass is 10.0. The zero-order chi connectivity index (χ0) is 8.55. The highest BCUT2D eigenvalue weighted by Gasteiger charge is 2.22. The van der Waals surface area contributed by atoms with Gasteiger partial charge in [-0.1, -0.05) is 23.7 Å². The van der Waals surface area contributed by atoms with Crippen molar-refractivity contribution < 1.29 is 4.79 Å². The number of rotatable bonds is 1. The number of hydrogen-bond acceptors (Lipinski definition) is 1. The fraction of sp³-hybridized carbons (Fsp3) is 0.300. The molecule has 2 rings (SSSR count). The molecule has 0 N–H and O–H groups in total. The van der Waals surface area contributed by atoms with Crippen molar-refractivity contribution in [1.29, 1.82) is 0 Å². The number of fused-ring (bicyclic) bond motifs is 1. The van der Waals surface area contributed by atoms with E-state index in [9.17, 15) is 4.79 Å². The molecular weight excluding hydrogens is 172 g/mol. The predicted molar refractivity (Wildman–Crippen MR) is 48.6 cm³/mol. The molecule has 0 heterocycles. The molecule has 0 bridgehead atoms. The van der Waals surface area contributed by atoms with Crippen LogP contribution in [0.15, 0.2) is 18.2 Å². The van der Waals surface area contributed by atoms with Crippen LogP contribution >= 0.6 is 11.6 Å². The number of halogens is 1. The molecule has 1 atom stereocenters. The summed E-state index contributed by atoms with van der Waals surface area (Å²) in [5, 5.41) is 0.803. The van der Waals surface area contributed by atoms with Crippen LogP contribution in [-0.4, -0.2) is 6.29 Å². The van der Waals surface area contributed by atoms with Crippen molar-refractivity contribution in [2.75, 3.05) is 0 Å². The lowest BCUT2D eigenvalue weighted by Gasteiger charge is -2.02. The van der Waals surface area contributed by atoms with Crippen LogP contribution in [-0.2, 0) is 11.2 Å². The molecular formula is C10H9ClO. The summed E-state index contributed by atoms with van der Waals surface area (Å²) in [6.07, 6.45) is 2.88. The average molecular weight is 181 g/mol. The Hall–Kier alpha value is -0.820. The highest BCUT2D eigenvalue weighted by molar-refractivity contribution is 6.31. The van der Waals surface area contributed by atoms with Crippen molar-refractivity contribution in [3.8, 4) is 0 Å². The highest BCUT2D eigenvalue weighted by atomic mass is 35.5.